The van der Waals surface area contributed by atoms with E-state index in [-0.39, 0.29) is 24.2 Å². The predicted molar refractivity (Wildman–Crippen MR) is 96.6 cm³/mol. The van der Waals surface area contributed by atoms with Crippen LogP contribution < -0.4 is 0 Å². The molecule has 30 heavy (non-hydrogen) atoms. The summed E-state index contributed by atoms with van der Waals surface area (Å²) in [5.41, 5.74) is 0.826. The van der Waals surface area contributed by atoms with E-state index in [0.29, 0.717) is 6.61 Å². The second-order valence-electron chi connectivity index (χ2n) is 7.61. The fraction of sp³-hybridized carbons (Fsp3) is 0.722. The third-order valence-corrected chi connectivity index (χ3v) is 4.82. The number of aromatic nitrogens is 1. The number of carboxylic acids is 1. The van der Waals surface area contributed by atoms with Gasteiger partial charge in [-0.1, -0.05) is 5.16 Å². The molecule has 12 heteroatoms. The van der Waals surface area contributed by atoms with Crippen molar-refractivity contribution in [3.8, 4) is 0 Å². The molecular formula is C18H26F3N3O6. The standard InChI is InChI=1S/C16H25N3O4.C2HF3O2/c1-12-6-13(17-23-12)8-19-5-4-16(11-19)7-14(9-22-16)21-10-15(20)18(2)3;3-2(4,5)1(6)7/h6,14H,4-5,7-11H2,1-3H3;(H,6,7)/t14-,16+;/m1./s1. The molecule has 0 bridgehead atoms. The molecule has 1 aromatic rings. The molecule has 2 aliphatic heterocycles. The van der Waals surface area contributed by atoms with Gasteiger partial charge in [0.15, 0.2) is 0 Å². The number of ether oxygens (including phenoxy) is 2. The maximum absolute atomic E-state index is 11.6. The molecule has 1 spiro atoms. The number of hydrogen-bond acceptors (Lipinski definition) is 7. The lowest BCUT2D eigenvalue weighted by Gasteiger charge is -2.23. The van der Waals surface area contributed by atoms with Gasteiger partial charge in [-0.05, 0) is 13.3 Å². The van der Waals surface area contributed by atoms with E-state index in [1.165, 1.54) is 0 Å². The molecule has 1 amide bonds. The lowest BCUT2D eigenvalue weighted by Crippen LogP contribution is -2.33. The van der Waals surface area contributed by atoms with E-state index in [0.717, 1.165) is 43.9 Å². The van der Waals surface area contributed by atoms with Crippen LogP contribution in [0, 0.1) is 6.92 Å². The van der Waals surface area contributed by atoms with E-state index >= 15 is 0 Å². The molecule has 9 nitrogen and oxygen atoms in total. The van der Waals surface area contributed by atoms with Gasteiger partial charge in [0, 0.05) is 46.2 Å². The van der Waals surface area contributed by atoms with Gasteiger partial charge in [0.2, 0.25) is 5.91 Å². The summed E-state index contributed by atoms with van der Waals surface area (Å²) in [5, 5.41) is 11.2. The Bertz CT molecular complexity index is 739. The first-order chi connectivity index (χ1) is 13.9. The van der Waals surface area contributed by atoms with E-state index < -0.39 is 12.1 Å². The van der Waals surface area contributed by atoms with Crippen LogP contribution in [0.15, 0.2) is 10.6 Å². The van der Waals surface area contributed by atoms with E-state index in [2.05, 4.69) is 10.1 Å². The minimum atomic E-state index is -5.08. The quantitative estimate of drug-likeness (QED) is 0.738. The average Bonchev–Trinajstić information content (AvgIpc) is 3.34. The molecular weight excluding hydrogens is 411 g/mol. The van der Waals surface area contributed by atoms with Crippen LogP contribution in [0.2, 0.25) is 0 Å². The van der Waals surface area contributed by atoms with Crippen molar-refractivity contribution in [2.45, 2.75) is 44.2 Å². The number of rotatable bonds is 5. The molecule has 2 aliphatic rings. The maximum Gasteiger partial charge on any atom is 0.490 e. The molecule has 0 aliphatic carbocycles. The molecule has 2 saturated heterocycles. The van der Waals surface area contributed by atoms with Crippen molar-refractivity contribution in [2.24, 2.45) is 0 Å². The second-order valence-corrected chi connectivity index (χ2v) is 7.61. The number of hydrogen-bond donors (Lipinski definition) is 1. The highest BCUT2D eigenvalue weighted by Crippen LogP contribution is 2.36. The highest BCUT2D eigenvalue weighted by molar-refractivity contribution is 5.76. The summed E-state index contributed by atoms with van der Waals surface area (Å²) in [5.74, 6) is -1.93. The zero-order valence-corrected chi connectivity index (χ0v) is 17.1. The topological polar surface area (TPSA) is 105 Å². The molecule has 3 rings (SSSR count). The van der Waals surface area contributed by atoms with Crippen LogP contribution in [0.5, 0.6) is 0 Å². The molecule has 0 aromatic carbocycles. The minimum absolute atomic E-state index is 0.00754. The van der Waals surface area contributed by atoms with Gasteiger partial charge in [-0.25, -0.2) is 4.79 Å². The van der Waals surface area contributed by atoms with Gasteiger partial charge in [-0.3, -0.25) is 9.69 Å². The summed E-state index contributed by atoms with van der Waals surface area (Å²) in [7, 11) is 3.47. The fourth-order valence-corrected chi connectivity index (χ4v) is 3.30. The van der Waals surface area contributed by atoms with Crippen LogP contribution >= 0.6 is 0 Å². The molecule has 0 unspecified atom stereocenters. The molecule has 0 saturated carbocycles. The molecule has 2 fully saturated rings. The number of carbonyl (C=O) groups excluding carboxylic acids is 1. The van der Waals surface area contributed by atoms with Crippen LogP contribution in [-0.4, -0.2) is 90.2 Å². The number of likely N-dealkylation sites (N-methyl/N-ethyl adjacent to an activating group) is 1. The normalized spacial score (nSPS) is 24.0. The number of amides is 1. The summed E-state index contributed by atoms with van der Waals surface area (Å²) in [6.07, 6.45) is -3.24. The van der Waals surface area contributed by atoms with Crippen molar-refractivity contribution in [3.05, 3.63) is 17.5 Å². The number of carboxylic acid groups (broad SMARTS) is 1. The summed E-state index contributed by atoms with van der Waals surface area (Å²) in [4.78, 5) is 24.4. The zero-order valence-electron chi connectivity index (χ0n) is 17.1. The van der Waals surface area contributed by atoms with E-state index in [1.54, 1.807) is 19.0 Å². The van der Waals surface area contributed by atoms with Crippen LogP contribution in [0.4, 0.5) is 13.2 Å². The van der Waals surface area contributed by atoms with Gasteiger partial charge in [0.1, 0.15) is 12.4 Å². The van der Waals surface area contributed by atoms with E-state index in [9.17, 15) is 18.0 Å². The predicted octanol–water partition coefficient (Wildman–Crippen LogP) is 1.45. The summed E-state index contributed by atoms with van der Waals surface area (Å²) in [6, 6.07) is 1.97. The van der Waals surface area contributed by atoms with Gasteiger partial charge in [-0.2, -0.15) is 13.2 Å². The van der Waals surface area contributed by atoms with Crippen LogP contribution in [0.3, 0.4) is 0 Å². The van der Waals surface area contributed by atoms with Crippen LogP contribution in [-0.2, 0) is 25.6 Å². The number of halogens is 3. The molecule has 2 atom stereocenters. The van der Waals surface area contributed by atoms with E-state index in [4.69, 9.17) is 23.9 Å². The average molecular weight is 437 g/mol. The Kier molecular flexibility index (Phi) is 7.83. The number of aryl methyl sites for hydroxylation is 1. The Hall–Kier alpha value is -2.18. The number of nitrogens with zero attached hydrogens (tertiary/aromatic N) is 3. The third kappa shape index (κ3) is 6.96. The highest BCUT2D eigenvalue weighted by atomic mass is 19.4. The highest BCUT2D eigenvalue weighted by Gasteiger charge is 2.46. The molecule has 3 heterocycles. The Balaban J connectivity index is 0.000000396. The van der Waals surface area contributed by atoms with Crippen molar-refractivity contribution in [1.82, 2.24) is 15.0 Å². The smallest absolute Gasteiger partial charge is 0.475 e. The lowest BCUT2D eigenvalue weighted by molar-refractivity contribution is -0.192. The first-order valence-corrected chi connectivity index (χ1v) is 9.30. The van der Waals surface area contributed by atoms with Crippen LogP contribution in [0.1, 0.15) is 24.3 Å². The summed E-state index contributed by atoms with van der Waals surface area (Å²) >= 11 is 0. The SMILES string of the molecule is Cc1cc(CN2CC[C@]3(C[C@@H](OCC(=O)N(C)C)CO3)C2)no1.O=C(O)C(F)(F)F. The van der Waals surface area contributed by atoms with Crippen molar-refractivity contribution in [3.63, 3.8) is 0 Å². The number of alkyl halides is 3. The second kappa shape index (κ2) is 9.75. The first-order valence-electron chi connectivity index (χ1n) is 9.30. The summed E-state index contributed by atoms with van der Waals surface area (Å²) in [6.45, 7) is 5.23. The Morgan fingerprint density at radius 3 is 2.63 bits per heavy atom. The number of aliphatic carboxylic acids is 1. The van der Waals surface area contributed by atoms with Gasteiger partial charge in [0.25, 0.3) is 0 Å². The van der Waals surface area contributed by atoms with Gasteiger partial charge in [0.05, 0.1) is 24.0 Å². The summed E-state index contributed by atoms with van der Waals surface area (Å²) < 4.78 is 48.6. The Morgan fingerprint density at radius 1 is 1.43 bits per heavy atom. The molecule has 1 aromatic heterocycles. The number of carbonyl (C=O) groups is 2. The van der Waals surface area contributed by atoms with Gasteiger partial charge < -0.3 is 24.0 Å². The van der Waals surface area contributed by atoms with Crippen molar-refractivity contribution >= 4 is 11.9 Å². The Morgan fingerprint density at radius 2 is 2.10 bits per heavy atom. The third-order valence-electron chi connectivity index (χ3n) is 4.82. The lowest BCUT2D eigenvalue weighted by atomic mass is 9.98. The van der Waals surface area contributed by atoms with Crippen molar-refractivity contribution in [1.29, 1.82) is 0 Å². The molecule has 1 N–H and O–H groups in total. The Labute approximate surface area is 171 Å². The maximum atomic E-state index is 11.6. The van der Waals surface area contributed by atoms with Crippen molar-refractivity contribution in [2.75, 3.05) is 40.4 Å². The molecule has 0 radical (unpaired) electrons. The van der Waals surface area contributed by atoms with E-state index in [1.807, 2.05) is 13.0 Å². The van der Waals surface area contributed by atoms with Gasteiger partial charge >= 0.3 is 12.1 Å². The first kappa shape index (κ1) is 24.1. The van der Waals surface area contributed by atoms with Crippen LogP contribution in [0.25, 0.3) is 0 Å². The minimum Gasteiger partial charge on any atom is -0.475 e. The zero-order chi connectivity index (χ0) is 22.5. The molecule has 170 valence electrons. The van der Waals surface area contributed by atoms with Crippen molar-refractivity contribution < 1.29 is 41.9 Å². The fourth-order valence-electron chi connectivity index (χ4n) is 3.30. The van der Waals surface area contributed by atoms with Gasteiger partial charge in [-0.15, -0.1) is 0 Å². The largest absolute Gasteiger partial charge is 0.490 e. The number of likely N-dealkylation sites (tertiary alicyclic amines) is 1. The monoisotopic (exact) mass is 437 g/mol.